The molecule has 1 heterocycles. The van der Waals surface area contributed by atoms with Crippen molar-refractivity contribution in [1.29, 1.82) is 0 Å². The van der Waals surface area contributed by atoms with Crippen LogP contribution in [0.4, 0.5) is 9.18 Å². The molecule has 0 saturated carbocycles. The van der Waals surface area contributed by atoms with E-state index in [2.05, 4.69) is 17.3 Å². The summed E-state index contributed by atoms with van der Waals surface area (Å²) in [5.41, 5.74) is 1.67. The van der Waals surface area contributed by atoms with Crippen LogP contribution in [0.25, 0.3) is 0 Å². The van der Waals surface area contributed by atoms with Crippen molar-refractivity contribution in [1.82, 2.24) is 15.1 Å². The Morgan fingerprint density at radius 2 is 2.07 bits per heavy atom. The fourth-order valence-electron chi connectivity index (χ4n) is 3.63. The molecule has 0 bridgehead atoms. The average molecular weight is 385 g/mol. The lowest BCUT2D eigenvalue weighted by molar-refractivity contribution is 0.189. The number of hydrogen-bond donors (Lipinski definition) is 1. The normalized spacial score (nSPS) is 16.8. The van der Waals surface area contributed by atoms with Gasteiger partial charge in [0.25, 0.3) is 0 Å². The number of methoxy groups -OCH3 is 1. The summed E-state index contributed by atoms with van der Waals surface area (Å²) in [6.07, 6.45) is 1.09. The van der Waals surface area contributed by atoms with Crippen molar-refractivity contribution in [3.8, 4) is 5.75 Å². The number of carbonyl (C=O) groups is 1. The molecule has 0 aromatic heterocycles. The second kappa shape index (κ2) is 9.55. The maximum Gasteiger partial charge on any atom is 0.318 e. The van der Waals surface area contributed by atoms with E-state index in [1.54, 1.807) is 18.1 Å². The number of halogens is 1. The second-order valence-corrected chi connectivity index (χ2v) is 7.40. The van der Waals surface area contributed by atoms with Crippen molar-refractivity contribution in [3.63, 3.8) is 0 Å². The highest BCUT2D eigenvalue weighted by Gasteiger charge is 2.22. The molecular formula is C22H28FN3O2. The van der Waals surface area contributed by atoms with E-state index in [-0.39, 0.29) is 11.8 Å². The van der Waals surface area contributed by atoms with Gasteiger partial charge in [-0.05, 0) is 49.7 Å². The summed E-state index contributed by atoms with van der Waals surface area (Å²) in [5.74, 6) is 0.900. The smallest absolute Gasteiger partial charge is 0.318 e. The van der Waals surface area contributed by atoms with Crippen LogP contribution in [-0.2, 0) is 13.1 Å². The van der Waals surface area contributed by atoms with Gasteiger partial charge in [-0.15, -0.1) is 0 Å². The van der Waals surface area contributed by atoms with E-state index in [1.165, 1.54) is 12.1 Å². The van der Waals surface area contributed by atoms with Gasteiger partial charge >= 0.3 is 6.03 Å². The first-order valence-electron chi connectivity index (χ1n) is 9.63. The van der Waals surface area contributed by atoms with Crippen LogP contribution >= 0.6 is 0 Å². The van der Waals surface area contributed by atoms with Gasteiger partial charge in [-0.25, -0.2) is 9.18 Å². The first-order chi connectivity index (χ1) is 13.5. The summed E-state index contributed by atoms with van der Waals surface area (Å²) in [5, 5.41) is 3.06. The molecule has 0 spiro atoms. The third-order valence-corrected chi connectivity index (χ3v) is 5.13. The minimum absolute atomic E-state index is 0.148. The lowest BCUT2D eigenvalue weighted by atomic mass is 10.1. The third kappa shape index (κ3) is 5.45. The molecule has 6 heteroatoms. The molecule has 1 aliphatic heterocycles. The van der Waals surface area contributed by atoms with Gasteiger partial charge in [0.05, 0.1) is 13.7 Å². The molecular weight excluding hydrogens is 357 g/mol. The first-order valence-corrected chi connectivity index (χ1v) is 9.63. The number of urea groups is 1. The average Bonchev–Trinajstić information content (AvgIpc) is 3.11. The molecule has 150 valence electrons. The first kappa shape index (κ1) is 20.1. The van der Waals surface area contributed by atoms with E-state index in [0.717, 1.165) is 36.4 Å². The van der Waals surface area contributed by atoms with Crippen LogP contribution in [0.5, 0.6) is 5.75 Å². The van der Waals surface area contributed by atoms with Gasteiger partial charge < -0.3 is 19.9 Å². The Morgan fingerprint density at radius 3 is 2.79 bits per heavy atom. The highest BCUT2D eigenvalue weighted by molar-refractivity contribution is 5.74. The van der Waals surface area contributed by atoms with Crippen molar-refractivity contribution < 1.29 is 13.9 Å². The Labute approximate surface area is 166 Å². The van der Waals surface area contributed by atoms with Gasteiger partial charge in [0.1, 0.15) is 11.6 Å². The number of para-hydroxylation sites is 1. The Bertz CT molecular complexity index is 799. The van der Waals surface area contributed by atoms with Gasteiger partial charge in [-0.2, -0.15) is 0 Å². The summed E-state index contributed by atoms with van der Waals surface area (Å²) in [6, 6.07) is 13.9. The summed E-state index contributed by atoms with van der Waals surface area (Å²) in [4.78, 5) is 16.9. The number of rotatable bonds is 7. The molecule has 1 unspecified atom stereocenters. The van der Waals surface area contributed by atoms with Crippen LogP contribution < -0.4 is 10.1 Å². The molecule has 1 saturated heterocycles. The summed E-state index contributed by atoms with van der Waals surface area (Å²) < 4.78 is 19.0. The van der Waals surface area contributed by atoms with Crippen LogP contribution in [0.3, 0.4) is 0 Å². The topological polar surface area (TPSA) is 44.8 Å². The molecule has 1 N–H and O–H groups in total. The van der Waals surface area contributed by atoms with E-state index in [0.29, 0.717) is 25.6 Å². The maximum atomic E-state index is 13.6. The number of carbonyl (C=O) groups excluding carboxylic acids is 1. The number of hydrogen-bond acceptors (Lipinski definition) is 3. The lowest BCUT2D eigenvalue weighted by Gasteiger charge is -2.25. The number of nitrogens with zero attached hydrogens (tertiary/aromatic N) is 2. The predicted octanol–water partition coefficient (Wildman–Crippen LogP) is 3.50. The van der Waals surface area contributed by atoms with Gasteiger partial charge in [0.2, 0.25) is 0 Å². The highest BCUT2D eigenvalue weighted by atomic mass is 19.1. The molecule has 1 aliphatic rings. The van der Waals surface area contributed by atoms with Crippen molar-refractivity contribution in [2.45, 2.75) is 19.5 Å². The van der Waals surface area contributed by atoms with Crippen LogP contribution in [0.2, 0.25) is 0 Å². The van der Waals surface area contributed by atoms with Crippen LogP contribution in [0, 0.1) is 11.7 Å². The van der Waals surface area contributed by atoms with E-state index in [1.807, 2.05) is 30.3 Å². The minimum atomic E-state index is -0.302. The molecule has 2 aromatic carbocycles. The minimum Gasteiger partial charge on any atom is -0.496 e. The largest absolute Gasteiger partial charge is 0.496 e. The monoisotopic (exact) mass is 385 g/mol. The standard InChI is InChI=1S/C22H28FN3O2/c1-25-11-10-18(14-25)13-24-22(27)26(15-17-6-5-8-20(23)12-17)16-19-7-3-4-9-21(19)28-2/h3-9,12,18H,10-11,13-16H2,1-2H3,(H,24,27). The van der Waals surface area contributed by atoms with Gasteiger partial charge in [0, 0.05) is 25.2 Å². The molecule has 5 nitrogen and oxygen atoms in total. The van der Waals surface area contributed by atoms with Crippen LogP contribution in [0.15, 0.2) is 48.5 Å². The highest BCUT2D eigenvalue weighted by Crippen LogP contribution is 2.21. The molecule has 3 rings (SSSR count). The Kier molecular flexibility index (Phi) is 6.87. The molecule has 1 atom stereocenters. The summed E-state index contributed by atoms with van der Waals surface area (Å²) in [7, 11) is 3.71. The predicted molar refractivity (Wildman–Crippen MR) is 108 cm³/mol. The zero-order valence-electron chi connectivity index (χ0n) is 16.5. The number of likely N-dealkylation sites (tertiary alicyclic amines) is 1. The fourth-order valence-corrected chi connectivity index (χ4v) is 3.63. The Hall–Kier alpha value is -2.60. The van der Waals surface area contributed by atoms with Crippen molar-refractivity contribution in [2.75, 3.05) is 33.8 Å². The molecule has 2 amide bonds. The van der Waals surface area contributed by atoms with Crippen molar-refractivity contribution in [3.05, 3.63) is 65.5 Å². The van der Waals surface area contributed by atoms with E-state index >= 15 is 0 Å². The second-order valence-electron chi connectivity index (χ2n) is 7.40. The zero-order chi connectivity index (χ0) is 19.9. The zero-order valence-corrected chi connectivity index (χ0v) is 16.5. The van der Waals surface area contributed by atoms with Crippen molar-refractivity contribution >= 4 is 6.03 Å². The molecule has 0 aliphatic carbocycles. The molecule has 2 aromatic rings. The van der Waals surface area contributed by atoms with E-state index < -0.39 is 0 Å². The van der Waals surface area contributed by atoms with Crippen LogP contribution in [0.1, 0.15) is 17.5 Å². The Morgan fingerprint density at radius 1 is 1.25 bits per heavy atom. The van der Waals surface area contributed by atoms with Gasteiger partial charge in [-0.3, -0.25) is 0 Å². The van der Waals surface area contributed by atoms with E-state index in [9.17, 15) is 9.18 Å². The molecule has 28 heavy (non-hydrogen) atoms. The van der Waals surface area contributed by atoms with Crippen LogP contribution in [-0.4, -0.2) is 49.6 Å². The number of benzene rings is 2. The lowest BCUT2D eigenvalue weighted by Crippen LogP contribution is -2.41. The maximum absolute atomic E-state index is 13.6. The van der Waals surface area contributed by atoms with E-state index in [4.69, 9.17) is 4.74 Å². The summed E-state index contributed by atoms with van der Waals surface area (Å²) >= 11 is 0. The SMILES string of the molecule is COc1ccccc1CN(Cc1cccc(F)c1)C(=O)NCC1CCN(C)C1. The van der Waals surface area contributed by atoms with Gasteiger partial charge in [0.15, 0.2) is 0 Å². The van der Waals surface area contributed by atoms with Gasteiger partial charge in [-0.1, -0.05) is 30.3 Å². The molecule has 1 fully saturated rings. The number of ether oxygens (including phenoxy) is 1. The number of nitrogens with one attached hydrogen (secondary N) is 1. The third-order valence-electron chi connectivity index (χ3n) is 5.13. The summed E-state index contributed by atoms with van der Waals surface area (Å²) in [6.45, 7) is 3.42. The number of amides is 2. The Balaban J connectivity index is 1.72. The van der Waals surface area contributed by atoms with Crippen molar-refractivity contribution in [2.24, 2.45) is 5.92 Å². The quantitative estimate of drug-likeness (QED) is 0.793. The molecule has 0 radical (unpaired) electrons. The fraction of sp³-hybridized carbons (Fsp3) is 0.409.